The van der Waals surface area contributed by atoms with E-state index in [-0.39, 0.29) is 47.0 Å². The minimum Gasteiger partial charge on any atom is -0.497 e. The molecular weight excluding hydrogens is 658 g/mol. The Morgan fingerprint density at radius 2 is 1.40 bits per heavy atom. The highest BCUT2D eigenvalue weighted by molar-refractivity contribution is 7.92. The van der Waals surface area contributed by atoms with Crippen LogP contribution in [0.4, 0.5) is 5.69 Å². The van der Waals surface area contributed by atoms with Crippen LogP contribution >= 0.6 is 0 Å². The van der Waals surface area contributed by atoms with Crippen molar-refractivity contribution in [3.05, 3.63) is 108 Å². The SMILES string of the molecule is COc1ccc(OC)c(N(CC(=O)N(Cc2ccccc2C)[C@@H](Cc2ccccc2)C(=O)NC(C)C)S(=O)(=O)c2ccc(OC)c(OC)c2)c1. The Balaban J connectivity index is 1.91. The van der Waals surface area contributed by atoms with Gasteiger partial charge in [-0.2, -0.15) is 0 Å². The van der Waals surface area contributed by atoms with Crippen molar-refractivity contribution in [2.24, 2.45) is 0 Å². The number of carbonyl (C=O) groups excluding carboxylic acids is 2. The van der Waals surface area contributed by atoms with Gasteiger partial charge in [-0.25, -0.2) is 8.42 Å². The fourth-order valence-electron chi connectivity index (χ4n) is 5.51. The lowest BCUT2D eigenvalue weighted by Gasteiger charge is -2.34. The molecule has 0 aliphatic heterocycles. The number of hydrogen-bond donors (Lipinski definition) is 1. The molecule has 0 aliphatic rings. The van der Waals surface area contributed by atoms with Crippen LogP contribution < -0.4 is 28.6 Å². The zero-order chi connectivity index (χ0) is 36.4. The molecule has 266 valence electrons. The van der Waals surface area contributed by atoms with Gasteiger partial charge < -0.3 is 29.2 Å². The van der Waals surface area contributed by atoms with E-state index in [1.165, 1.54) is 57.6 Å². The average molecular weight is 704 g/mol. The number of methoxy groups -OCH3 is 4. The topological polar surface area (TPSA) is 124 Å². The summed E-state index contributed by atoms with van der Waals surface area (Å²) in [5.74, 6) is 0.0765. The molecule has 4 rings (SSSR count). The van der Waals surface area contributed by atoms with E-state index >= 15 is 0 Å². The molecule has 0 unspecified atom stereocenters. The summed E-state index contributed by atoms with van der Waals surface area (Å²) in [4.78, 5) is 30.1. The van der Waals surface area contributed by atoms with Gasteiger partial charge in [0.2, 0.25) is 11.8 Å². The molecule has 0 aromatic heterocycles. The maximum atomic E-state index is 14.8. The molecule has 50 heavy (non-hydrogen) atoms. The number of carbonyl (C=O) groups is 2. The monoisotopic (exact) mass is 703 g/mol. The van der Waals surface area contributed by atoms with Gasteiger partial charge >= 0.3 is 0 Å². The molecule has 0 radical (unpaired) electrons. The number of nitrogens with zero attached hydrogens (tertiary/aromatic N) is 2. The second-order valence-electron chi connectivity index (χ2n) is 11.9. The third-order valence-electron chi connectivity index (χ3n) is 8.18. The van der Waals surface area contributed by atoms with E-state index in [2.05, 4.69) is 5.32 Å². The Bertz CT molecular complexity index is 1880. The highest BCUT2D eigenvalue weighted by Gasteiger charge is 2.36. The Labute approximate surface area is 294 Å². The fraction of sp³-hybridized carbons (Fsp3) is 0.316. The highest BCUT2D eigenvalue weighted by Crippen LogP contribution is 2.38. The minimum absolute atomic E-state index is 0.0496. The summed E-state index contributed by atoms with van der Waals surface area (Å²) in [6.45, 7) is 4.99. The Hall–Kier alpha value is -5.23. The summed E-state index contributed by atoms with van der Waals surface area (Å²) in [6.07, 6.45) is 0.196. The van der Waals surface area contributed by atoms with Crippen LogP contribution in [0.15, 0.2) is 95.9 Å². The largest absolute Gasteiger partial charge is 0.497 e. The van der Waals surface area contributed by atoms with Crippen molar-refractivity contribution in [2.75, 3.05) is 39.3 Å². The second kappa shape index (κ2) is 16.9. The van der Waals surface area contributed by atoms with E-state index < -0.39 is 28.5 Å². The lowest BCUT2D eigenvalue weighted by Crippen LogP contribution is -2.54. The molecule has 0 aliphatic carbocycles. The summed E-state index contributed by atoms with van der Waals surface area (Å²) in [5.41, 5.74) is 2.63. The number of aryl methyl sites for hydroxylation is 1. The summed E-state index contributed by atoms with van der Waals surface area (Å²) < 4.78 is 52.1. The van der Waals surface area contributed by atoms with E-state index in [0.717, 1.165) is 21.0 Å². The van der Waals surface area contributed by atoms with E-state index in [4.69, 9.17) is 18.9 Å². The molecular formula is C38H45N3O8S. The molecule has 0 saturated heterocycles. The summed E-state index contributed by atoms with van der Waals surface area (Å²) >= 11 is 0. The number of nitrogens with one attached hydrogen (secondary N) is 1. The third-order valence-corrected chi connectivity index (χ3v) is 9.94. The van der Waals surface area contributed by atoms with Gasteiger partial charge in [-0.3, -0.25) is 13.9 Å². The molecule has 0 spiro atoms. The van der Waals surface area contributed by atoms with Crippen LogP contribution in [0.2, 0.25) is 0 Å². The van der Waals surface area contributed by atoms with Crippen LogP contribution in [0, 0.1) is 6.92 Å². The number of amides is 2. The number of hydrogen-bond acceptors (Lipinski definition) is 8. The van der Waals surface area contributed by atoms with Crippen LogP contribution in [0.3, 0.4) is 0 Å². The van der Waals surface area contributed by atoms with Gasteiger partial charge in [0.1, 0.15) is 24.1 Å². The highest BCUT2D eigenvalue weighted by atomic mass is 32.2. The molecule has 0 bridgehead atoms. The number of ether oxygens (including phenoxy) is 4. The first-order chi connectivity index (χ1) is 23.9. The molecule has 4 aromatic carbocycles. The van der Waals surface area contributed by atoms with Crippen molar-refractivity contribution in [1.82, 2.24) is 10.2 Å². The quantitative estimate of drug-likeness (QED) is 0.165. The van der Waals surface area contributed by atoms with Gasteiger partial charge in [-0.1, -0.05) is 54.6 Å². The van der Waals surface area contributed by atoms with Crippen LogP contribution in [-0.4, -0.2) is 72.2 Å². The van der Waals surface area contributed by atoms with Gasteiger partial charge in [0.15, 0.2) is 11.5 Å². The zero-order valence-electron chi connectivity index (χ0n) is 29.5. The third kappa shape index (κ3) is 8.86. The summed E-state index contributed by atoms with van der Waals surface area (Å²) in [5, 5.41) is 2.97. The molecule has 1 atom stereocenters. The van der Waals surface area contributed by atoms with Gasteiger partial charge in [0, 0.05) is 31.1 Å². The normalized spacial score (nSPS) is 11.8. The van der Waals surface area contributed by atoms with E-state index in [1.54, 1.807) is 12.1 Å². The van der Waals surface area contributed by atoms with Crippen LogP contribution in [0.5, 0.6) is 23.0 Å². The lowest BCUT2D eigenvalue weighted by molar-refractivity contribution is -0.140. The Kier molecular flexibility index (Phi) is 12.7. The van der Waals surface area contributed by atoms with E-state index in [9.17, 15) is 18.0 Å². The van der Waals surface area contributed by atoms with Gasteiger partial charge in [0.05, 0.1) is 39.0 Å². The van der Waals surface area contributed by atoms with E-state index in [0.29, 0.717) is 11.5 Å². The first kappa shape index (κ1) is 37.6. The molecule has 12 heteroatoms. The summed E-state index contributed by atoms with van der Waals surface area (Å²) in [7, 11) is 1.22. The number of sulfonamides is 1. The Morgan fingerprint density at radius 1 is 0.760 bits per heavy atom. The standard InChI is InChI=1S/C38H45N3O8S/c1-26(2)39-38(43)33(21-28-14-9-8-10-15-28)40(24-29-16-12-11-13-27(29)3)37(42)25-41(32-22-30(46-4)17-19-34(32)47-5)50(44,45)31-18-20-35(48-6)36(23-31)49-7/h8-20,22-23,26,33H,21,24-25H2,1-7H3,(H,39,43)/t33-/m0/s1. The lowest BCUT2D eigenvalue weighted by atomic mass is 10.0. The number of benzene rings is 4. The van der Waals surface area contributed by atoms with Crippen molar-refractivity contribution in [2.45, 2.75) is 50.7 Å². The molecule has 0 fully saturated rings. The first-order valence-corrected chi connectivity index (χ1v) is 17.5. The van der Waals surface area contributed by atoms with Crippen molar-refractivity contribution < 1.29 is 37.0 Å². The van der Waals surface area contributed by atoms with E-state index in [1.807, 2.05) is 75.4 Å². The van der Waals surface area contributed by atoms with Gasteiger partial charge in [-0.05, 0) is 61.7 Å². The van der Waals surface area contributed by atoms with Crippen molar-refractivity contribution in [1.29, 1.82) is 0 Å². The second-order valence-corrected chi connectivity index (χ2v) is 13.7. The number of rotatable bonds is 16. The van der Waals surface area contributed by atoms with Crippen LogP contribution in [0.25, 0.3) is 0 Å². The van der Waals surface area contributed by atoms with Gasteiger partial charge in [0.25, 0.3) is 10.0 Å². The first-order valence-electron chi connectivity index (χ1n) is 16.1. The maximum Gasteiger partial charge on any atom is 0.265 e. The molecule has 1 N–H and O–H groups in total. The van der Waals surface area contributed by atoms with Crippen LogP contribution in [0.1, 0.15) is 30.5 Å². The predicted octanol–water partition coefficient (Wildman–Crippen LogP) is 5.39. The van der Waals surface area contributed by atoms with Gasteiger partial charge in [-0.15, -0.1) is 0 Å². The molecule has 4 aromatic rings. The number of anilines is 1. The van der Waals surface area contributed by atoms with Crippen LogP contribution in [-0.2, 0) is 32.6 Å². The Morgan fingerprint density at radius 3 is 2.02 bits per heavy atom. The summed E-state index contributed by atoms with van der Waals surface area (Å²) in [6, 6.07) is 24.6. The fourth-order valence-corrected chi connectivity index (χ4v) is 6.95. The molecule has 11 nitrogen and oxygen atoms in total. The molecule has 0 saturated carbocycles. The zero-order valence-corrected chi connectivity index (χ0v) is 30.3. The minimum atomic E-state index is -4.49. The predicted molar refractivity (Wildman–Crippen MR) is 193 cm³/mol. The van der Waals surface area contributed by atoms with Crippen molar-refractivity contribution in [3.63, 3.8) is 0 Å². The maximum absolute atomic E-state index is 14.8. The molecule has 0 heterocycles. The smallest absolute Gasteiger partial charge is 0.265 e. The average Bonchev–Trinajstić information content (AvgIpc) is 3.12. The molecule has 2 amide bonds. The van der Waals surface area contributed by atoms with Crippen molar-refractivity contribution >= 4 is 27.5 Å². The van der Waals surface area contributed by atoms with Crippen molar-refractivity contribution in [3.8, 4) is 23.0 Å².